The maximum absolute atomic E-state index is 13.8. The second-order valence-corrected chi connectivity index (χ2v) is 16.9. The molecule has 1 unspecified atom stereocenters. The van der Waals surface area contributed by atoms with Gasteiger partial charge in [0.15, 0.2) is 6.29 Å². The van der Waals surface area contributed by atoms with Crippen molar-refractivity contribution in [1.29, 1.82) is 0 Å². The molecule has 3 amide bonds. The number of hydrogen-bond acceptors (Lipinski definition) is 11. The van der Waals surface area contributed by atoms with Gasteiger partial charge in [-0.15, -0.1) is 0 Å². The van der Waals surface area contributed by atoms with E-state index in [1.165, 1.54) is 0 Å². The van der Waals surface area contributed by atoms with Gasteiger partial charge in [-0.25, -0.2) is 0 Å². The van der Waals surface area contributed by atoms with E-state index >= 15 is 0 Å². The van der Waals surface area contributed by atoms with Crippen molar-refractivity contribution < 1.29 is 43.2 Å². The van der Waals surface area contributed by atoms with Crippen LogP contribution in [0.2, 0.25) is 0 Å². The second-order valence-electron chi connectivity index (χ2n) is 16.9. The van der Waals surface area contributed by atoms with E-state index in [2.05, 4.69) is 22.5 Å². The highest BCUT2D eigenvalue weighted by Crippen LogP contribution is 2.41. The number of ether oxygens (including phenoxy) is 5. The molecule has 0 aromatic carbocycles. The molecule has 3 saturated heterocycles. The first-order valence-electron chi connectivity index (χ1n) is 19.8. The molecule has 11 atom stereocenters. The largest absolute Gasteiger partial charge is 0.387 e. The first-order chi connectivity index (χ1) is 24.9. The predicted molar refractivity (Wildman–Crippen MR) is 203 cm³/mol. The number of rotatable bonds is 12. The van der Waals surface area contributed by atoms with Crippen molar-refractivity contribution in [3.05, 3.63) is 0 Å². The molecule has 3 aliphatic rings. The first-order valence-corrected chi connectivity index (χ1v) is 19.8. The summed E-state index contributed by atoms with van der Waals surface area (Å²) in [6, 6.07) is -0.0376. The number of amides is 3. The Kier molecular flexibility index (Phi) is 17.9. The van der Waals surface area contributed by atoms with E-state index < -0.39 is 35.6 Å². The molecule has 0 spiro atoms. The van der Waals surface area contributed by atoms with Crippen LogP contribution < -0.4 is 10.6 Å². The topological polar surface area (TPSA) is 151 Å². The summed E-state index contributed by atoms with van der Waals surface area (Å²) < 4.78 is 32.7. The Balaban J connectivity index is 1.97. The summed E-state index contributed by atoms with van der Waals surface area (Å²) in [6.07, 6.45) is 2.09. The molecular formula is C39H73N5O9. The van der Waals surface area contributed by atoms with E-state index in [1.54, 1.807) is 26.0 Å². The van der Waals surface area contributed by atoms with Gasteiger partial charge < -0.3 is 54.1 Å². The van der Waals surface area contributed by atoms with Crippen LogP contribution in [-0.2, 0) is 38.1 Å². The summed E-state index contributed by atoms with van der Waals surface area (Å²) in [5.74, 6) is -0.994. The average Bonchev–Trinajstić information content (AvgIpc) is 3.07. The van der Waals surface area contributed by atoms with Gasteiger partial charge in [-0.3, -0.25) is 14.4 Å². The van der Waals surface area contributed by atoms with Crippen LogP contribution in [0.1, 0.15) is 92.4 Å². The molecular weight excluding hydrogens is 682 g/mol. The van der Waals surface area contributed by atoms with Crippen molar-refractivity contribution in [3.8, 4) is 0 Å². The molecule has 3 heterocycles. The number of carbonyl (C=O) groups excluding carboxylic acids is 3. The molecule has 0 aromatic rings. The highest BCUT2D eigenvalue weighted by Gasteiger charge is 2.48. The number of likely N-dealkylation sites (N-methyl/N-ethyl adjacent to an activating group) is 2. The Morgan fingerprint density at radius 1 is 1.06 bits per heavy atom. The van der Waals surface area contributed by atoms with E-state index in [0.29, 0.717) is 77.7 Å². The molecule has 3 fully saturated rings. The first kappa shape index (κ1) is 45.5. The fourth-order valence-electron chi connectivity index (χ4n) is 8.11. The Labute approximate surface area is 319 Å². The number of nitrogens with one attached hydrogen (secondary N) is 2. The maximum atomic E-state index is 13.8. The van der Waals surface area contributed by atoms with E-state index in [0.717, 1.165) is 12.8 Å². The smallest absolute Gasteiger partial charge is 0.234 e. The summed E-state index contributed by atoms with van der Waals surface area (Å²) in [5, 5.41) is 18.4. The number of hydrogen-bond donors (Lipinski definition) is 3. The fraction of sp³-hybridized carbons (Fsp3) is 0.923. The number of methoxy groups -OCH3 is 1. The average molecular weight is 756 g/mol. The molecule has 14 heteroatoms. The lowest BCUT2D eigenvalue weighted by Crippen LogP contribution is -2.58. The third-order valence-electron chi connectivity index (χ3n) is 11.4. The normalized spacial score (nSPS) is 37.2. The minimum Gasteiger partial charge on any atom is -0.387 e. The van der Waals surface area contributed by atoms with Crippen LogP contribution in [0.3, 0.4) is 0 Å². The van der Waals surface area contributed by atoms with Crippen molar-refractivity contribution in [2.75, 3.05) is 75.1 Å². The van der Waals surface area contributed by atoms with Crippen molar-refractivity contribution in [3.63, 3.8) is 0 Å². The van der Waals surface area contributed by atoms with E-state index in [1.807, 2.05) is 53.9 Å². The van der Waals surface area contributed by atoms with Gasteiger partial charge >= 0.3 is 0 Å². The van der Waals surface area contributed by atoms with Gasteiger partial charge in [0, 0.05) is 71.6 Å². The Hall–Kier alpha value is -1.91. The summed E-state index contributed by atoms with van der Waals surface area (Å²) >= 11 is 0. The summed E-state index contributed by atoms with van der Waals surface area (Å²) in [7, 11) is 11.2. The van der Waals surface area contributed by atoms with Crippen LogP contribution in [0.15, 0.2) is 0 Å². The lowest BCUT2D eigenvalue weighted by molar-refractivity contribution is -0.299. The van der Waals surface area contributed by atoms with Gasteiger partial charge in [-0.2, -0.15) is 0 Å². The van der Waals surface area contributed by atoms with Crippen LogP contribution >= 0.6 is 0 Å². The molecule has 53 heavy (non-hydrogen) atoms. The summed E-state index contributed by atoms with van der Waals surface area (Å²) in [4.78, 5) is 44.5. The van der Waals surface area contributed by atoms with Crippen molar-refractivity contribution >= 4 is 17.7 Å². The number of nitrogens with zero attached hydrogens (tertiary/aromatic N) is 3. The minimum absolute atomic E-state index is 0.00695. The zero-order valence-electron chi connectivity index (χ0n) is 34.7. The van der Waals surface area contributed by atoms with E-state index in [-0.39, 0.29) is 48.0 Å². The molecule has 3 rings (SSSR count). The van der Waals surface area contributed by atoms with Gasteiger partial charge in [0.25, 0.3) is 0 Å². The quantitative estimate of drug-likeness (QED) is 0.252. The number of aliphatic hydroxyl groups is 1. The third-order valence-corrected chi connectivity index (χ3v) is 11.4. The van der Waals surface area contributed by atoms with Crippen molar-refractivity contribution in [1.82, 2.24) is 25.3 Å². The molecule has 3 N–H and O–H groups in total. The van der Waals surface area contributed by atoms with Gasteiger partial charge in [-0.1, -0.05) is 6.92 Å². The zero-order chi connectivity index (χ0) is 39.5. The van der Waals surface area contributed by atoms with Crippen LogP contribution in [0, 0.1) is 11.8 Å². The fourth-order valence-corrected chi connectivity index (χ4v) is 8.11. The second kappa shape index (κ2) is 20.8. The van der Waals surface area contributed by atoms with Gasteiger partial charge in [-0.05, 0) is 100 Å². The monoisotopic (exact) mass is 756 g/mol. The van der Waals surface area contributed by atoms with Crippen LogP contribution in [0.25, 0.3) is 0 Å². The summed E-state index contributed by atoms with van der Waals surface area (Å²) in [5.41, 5.74) is -1.80. The Morgan fingerprint density at radius 3 is 2.43 bits per heavy atom. The van der Waals surface area contributed by atoms with E-state index in [9.17, 15) is 19.5 Å². The van der Waals surface area contributed by atoms with Crippen molar-refractivity contribution in [2.24, 2.45) is 11.8 Å². The Bertz CT molecular complexity index is 1160. The molecule has 0 aliphatic carbocycles. The highest BCUT2D eigenvalue weighted by molar-refractivity contribution is 5.79. The summed E-state index contributed by atoms with van der Waals surface area (Å²) in [6.45, 7) is 11.9. The molecule has 0 bridgehead atoms. The van der Waals surface area contributed by atoms with Crippen molar-refractivity contribution in [2.45, 2.75) is 146 Å². The zero-order valence-corrected chi connectivity index (χ0v) is 34.7. The third kappa shape index (κ3) is 14.0. The molecule has 308 valence electrons. The van der Waals surface area contributed by atoms with Crippen LogP contribution in [0.5, 0.6) is 0 Å². The lowest BCUT2D eigenvalue weighted by Gasteiger charge is -2.48. The predicted octanol–water partition coefficient (Wildman–Crippen LogP) is 2.40. The van der Waals surface area contributed by atoms with Gasteiger partial charge in [0.2, 0.25) is 17.7 Å². The van der Waals surface area contributed by atoms with E-state index in [4.69, 9.17) is 23.7 Å². The number of carbonyl (C=O) groups is 3. The SMILES string of the molecule is CO[C@]1(C)CC([C@H]2C[C@@H](O[C@@H]3O[C@H](C)C[C@H](N(C)C)[C@H]3OCCCNC(=O)CN(C)C)[C@](C)(O)CCCN(C)C(=O)CCCNC(=O)[C@@H]2C)O[C@@H](C)C1. The van der Waals surface area contributed by atoms with Crippen LogP contribution in [0.4, 0.5) is 0 Å². The molecule has 14 nitrogen and oxygen atoms in total. The van der Waals surface area contributed by atoms with Gasteiger partial charge in [0.1, 0.15) is 6.10 Å². The molecule has 3 aliphatic heterocycles. The maximum Gasteiger partial charge on any atom is 0.234 e. The molecule has 0 saturated carbocycles. The Morgan fingerprint density at radius 2 is 1.77 bits per heavy atom. The highest BCUT2D eigenvalue weighted by atomic mass is 16.7. The lowest BCUT2D eigenvalue weighted by atomic mass is 9.74. The van der Waals surface area contributed by atoms with Gasteiger partial charge in [0.05, 0.1) is 42.2 Å². The standard InChI is InChI=1S/C39H73N5O9/c1-26-21-30(43(8)9)35(50-20-14-18-40-33(45)25-42(6)7)37(52-26)53-32-22-29(31-24-38(4,49-11)23-27(2)51-31)28(3)36(47)41-17-12-15-34(46)44(10)19-13-16-39(32,5)48/h26-32,35,37,48H,12-25H2,1-11H3,(H,40,45)(H,41,47)/t26-,27+,28-,29+,30+,31?,32-,35-,37+,38+,39-/m1/s1. The van der Waals surface area contributed by atoms with Crippen LogP contribution in [-0.4, -0.2) is 167 Å². The molecule has 0 aromatic heterocycles. The minimum atomic E-state index is -1.36. The molecule has 0 radical (unpaired) electrons.